The Labute approximate surface area is 173 Å². The number of aryl methyl sites for hydroxylation is 1. The van der Waals surface area contributed by atoms with E-state index in [9.17, 15) is 13.2 Å². The van der Waals surface area contributed by atoms with E-state index >= 15 is 0 Å². The van der Waals surface area contributed by atoms with E-state index in [-0.39, 0.29) is 10.9 Å². The fourth-order valence-electron chi connectivity index (χ4n) is 2.65. The monoisotopic (exact) mass is 436 g/mol. The highest BCUT2D eigenvalue weighted by molar-refractivity contribution is 7.89. The van der Waals surface area contributed by atoms with Crippen molar-refractivity contribution in [3.63, 3.8) is 0 Å². The largest absolute Gasteiger partial charge is 0.336 e. The van der Waals surface area contributed by atoms with Crippen molar-refractivity contribution in [3.8, 4) is 0 Å². The van der Waals surface area contributed by atoms with Gasteiger partial charge in [-0.2, -0.15) is 0 Å². The van der Waals surface area contributed by atoms with Crippen molar-refractivity contribution in [1.82, 2.24) is 24.6 Å². The van der Waals surface area contributed by atoms with Gasteiger partial charge in [0.05, 0.1) is 27.7 Å². The van der Waals surface area contributed by atoms with E-state index in [0.29, 0.717) is 34.8 Å². The predicted octanol–water partition coefficient (Wildman–Crippen LogP) is 2.47. The molecule has 0 atom stereocenters. The molecule has 1 heterocycles. The van der Waals surface area contributed by atoms with Crippen molar-refractivity contribution in [2.45, 2.75) is 18.4 Å². The summed E-state index contributed by atoms with van der Waals surface area (Å²) in [6.45, 7) is 2.58. The highest BCUT2D eigenvalue weighted by Crippen LogP contribution is 2.22. The first-order valence-electron chi connectivity index (χ1n) is 8.75. The normalized spacial score (nSPS) is 11.8. The molecular weight excluding hydrogens is 416 g/mol. The maximum atomic E-state index is 12.2. The van der Waals surface area contributed by atoms with Crippen LogP contribution < -0.4 is 10.6 Å². The van der Waals surface area contributed by atoms with Crippen LogP contribution in [0.25, 0.3) is 11.0 Å². The van der Waals surface area contributed by atoms with Gasteiger partial charge in [-0.15, -0.1) is 5.10 Å². The summed E-state index contributed by atoms with van der Waals surface area (Å²) in [4.78, 5) is 12.2. The van der Waals surface area contributed by atoms with Gasteiger partial charge in [-0.25, -0.2) is 22.2 Å². The number of fused-ring (bicyclic) bond motifs is 1. The Kier molecular flexibility index (Phi) is 6.06. The Bertz CT molecular complexity index is 1160. The number of benzene rings is 2. The number of hydrogen-bond donors (Lipinski definition) is 2. The summed E-state index contributed by atoms with van der Waals surface area (Å²) in [6.07, 6.45) is 0. The molecule has 0 radical (unpaired) electrons. The van der Waals surface area contributed by atoms with Crippen LogP contribution >= 0.6 is 11.6 Å². The molecule has 2 aromatic carbocycles. The van der Waals surface area contributed by atoms with Crippen LogP contribution in [0.15, 0.2) is 41.3 Å². The third-order valence-electron chi connectivity index (χ3n) is 4.25. The van der Waals surface area contributed by atoms with Crippen LogP contribution in [-0.2, 0) is 16.6 Å². The Morgan fingerprint density at radius 2 is 1.97 bits per heavy atom. The van der Waals surface area contributed by atoms with Gasteiger partial charge in [0.1, 0.15) is 5.52 Å². The summed E-state index contributed by atoms with van der Waals surface area (Å²) in [7, 11) is -0.605. The number of nitrogens with one attached hydrogen (secondary N) is 2. The van der Waals surface area contributed by atoms with E-state index in [0.717, 1.165) is 9.87 Å². The lowest BCUT2D eigenvalue weighted by Crippen LogP contribution is -2.31. The van der Waals surface area contributed by atoms with Crippen molar-refractivity contribution >= 4 is 44.4 Å². The van der Waals surface area contributed by atoms with Crippen LogP contribution in [0, 0.1) is 6.92 Å². The fraction of sp³-hybridized carbons (Fsp3) is 0.278. The summed E-state index contributed by atoms with van der Waals surface area (Å²) < 4.78 is 27.2. The average Bonchev–Trinajstić information content (AvgIpc) is 3.06. The Balaban J connectivity index is 1.63. The molecule has 0 saturated carbocycles. The van der Waals surface area contributed by atoms with Gasteiger partial charge in [-0.05, 0) is 42.8 Å². The van der Waals surface area contributed by atoms with Crippen LogP contribution in [0.4, 0.5) is 10.5 Å². The van der Waals surface area contributed by atoms with Gasteiger partial charge in [0.15, 0.2) is 0 Å². The summed E-state index contributed by atoms with van der Waals surface area (Å²) in [5.74, 6) is 0. The minimum atomic E-state index is -3.54. The minimum absolute atomic E-state index is 0.148. The first kappa shape index (κ1) is 21.0. The maximum Gasteiger partial charge on any atom is 0.319 e. The highest BCUT2D eigenvalue weighted by atomic mass is 35.5. The first-order valence-corrected chi connectivity index (χ1v) is 10.6. The van der Waals surface area contributed by atoms with Crippen LogP contribution in [0.3, 0.4) is 0 Å². The molecule has 0 unspecified atom stereocenters. The van der Waals surface area contributed by atoms with Gasteiger partial charge in [0.2, 0.25) is 10.0 Å². The second kappa shape index (κ2) is 8.36. The molecule has 0 aliphatic rings. The molecular formula is C18H21ClN6O3S. The third-order valence-corrected chi connectivity index (χ3v) is 6.37. The summed E-state index contributed by atoms with van der Waals surface area (Å²) >= 11 is 6.11. The van der Waals surface area contributed by atoms with Crippen molar-refractivity contribution < 1.29 is 13.2 Å². The Morgan fingerprint density at radius 1 is 1.21 bits per heavy atom. The molecule has 0 saturated heterocycles. The molecule has 11 heteroatoms. The first-order chi connectivity index (χ1) is 13.7. The quantitative estimate of drug-likeness (QED) is 0.616. The molecule has 0 bridgehead atoms. The molecule has 3 aromatic rings. The number of amides is 2. The topological polar surface area (TPSA) is 109 Å². The number of nitrogens with zero attached hydrogens (tertiary/aromatic N) is 4. The molecule has 0 aliphatic carbocycles. The van der Waals surface area contributed by atoms with Crippen LogP contribution in [-0.4, -0.2) is 54.4 Å². The molecule has 0 spiro atoms. The van der Waals surface area contributed by atoms with Crippen molar-refractivity contribution in [1.29, 1.82) is 0 Å². The van der Waals surface area contributed by atoms with Crippen molar-refractivity contribution in [2.75, 3.05) is 26.0 Å². The smallest absolute Gasteiger partial charge is 0.319 e. The third kappa shape index (κ3) is 4.66. The predicted molar refractivity (Wildman–Crippen MR) is 112 cm³/mol. The number of carbonyl (C=O) groups is 1. The molecule has 1 aromatic heterocycles. The summed E-state index contributed by atoms with van der Waals surface area (Å²) in [6, 6.07) is 9.61. The van der Waals surface area contributed by atoms with E-state index < -0.39 is 10.0 Å². The fourth-order valence-corrected chi connectivity index (χ4v) is 3.86. The highest BCUT2D eigenvalue weighted by Gasteiger charge is 2.18. The van der Waals surface area contributed by atoms with Gasteiger partial charge >= 0.3 is 6.03 Å². The second-order valence-electron chi connectivity index (χ2n) is 6.61. The van der Waals surface area contributed by atoms with E-state index in [1.54, 1.807) is 22.9 Å². The molecule has 9 nitrogen and oxygen atoms in total. The molecule has 3 rings (SSSR count). The number of aromatic nitrogens is 3. The van der Waals surface area contributed by atoms with Gasteiger partial charge in [0, 0.05) is 20.6 Å². The van der Waals surface area contributed by atoms with Gasteiger partial charge < -0.3 is 10.6 Å². The molecule has 29 heavy (non-hydrogen) atoms. The number of anilines is 1. The van der Waals surface area contributed by atoms with E-state index in [2.05, 4.69) is 20.9 Å². The summed E-state index contributed by atoms with van der Waals surface area (Å²) in [5, 5.41) is 13.9. The lowest BCUT2D eigenvalue weighted by molar-refractivity contribution is 0.251. The minimum Gasteiger partial charge on any atom is -0.336 e. The number of hydrogen-bond acceptors (Lipinski definition) is 5. The molecule has 2 N–H and O–H groups in total. The lowest BCUT2D eigenvalue weighted by Gasteiger charge is -2.11. The number of rotatable bonds is 6. The zero-order valence-corrected chi connectivity index (χ0v) is 17.8. The van der Waals surface area contributed by atoms with E-state index in [4.69, 9.17) is 11.6 Å². The van der Waals surface area contributed by atoms with Crippen LogP contribution in [0.5, 0.6) is 0 Å². The van der Waals surface area contributed by atoms with Crippen LogP contribution in [0.2, 0.25) is 5.02 Å². The standard InChI is InChI=1S/C18H21ClN6O3S/c1-12-4-6-15(14(19)10-12)21-18(26)20-8-9-25-17-7-5-13(11-16(17)22-23-25)29(27,28)24(2)3/h4-7,10-11H,8-9H2,1-3H3,(H2,20,21,26). The molecule has 0 fully saturated rings. The number of carbonyl (C=O) groups excluding carboxylic acids is 1. The van der Waals surface area contributed by atoms with E-state index in [1.807, 2.05) is 13.0 Å². The summed E-state index contributed by atoms with van der Waals surface area (Å²) in [5.41, 5.74) is 2.66. The SMILES string of the molecule is Cc1ccc(NC(=O)NCCn2nnc3cc(S(=O)(=O)N(C)C)ccc32)c(Cl)c1. The lowest BCUT2D eigenvalue weighted by atomic mass is 10.2. The van der Waals surface area contributed by atoms with Crippen molar-refractivity contribution in [2.24, 2.45) is 0 Å². The van der Waals surface area contributed by atoms with Gasteiger partial charge in [0.25, 0.3) is 0 Å². The van der Waals surface area contributed by atoms with Crippen LogP contribution in [0.1, 0.15) is 5.56 Å². The number of sulfonamides is 1. The Hall–Kier alpha value is -2.69. The molecule has 2 amide bonds. The number of halogens is 1. The Morgan fingerprint density at radius 3 is 2.66 bits per heavy atom. The van der Waals surface area contributed by atoms with Crippen molar-refractivity contribution in [3.05, 3.63) is 47.0 Å². The van der Waals surface area contributed by atoms with Gasteiger partial charge in [-0.1, -0.05) is 22.9 Å². The zero-order chi connectivity index (χ0) is 21.2. The molecule has 154 valence electrons. The van der Waals surface area contributed by atoms with Gasteiger partial charge in [-0.3, -0.25) is 0 Å². The molecule has 0 aliphatic heterocycles. The average molecular weight is 437 g/mol. The second-order valence-corrected chi connectivity index (χ2v) is 9.17. The van der Waals surface area contributed by atoms with E-state index in [1.165, 1.54) is 26.2 Å². The number of urea groups is 1. The zero-order valence-electron chi connectivity index (χ0n) is 16.2. The maximum absolute atomic E-state index is 12.2.